The highest BCUT2D eigenvalue weighted by atomic mass is 32.1. The summed E-state index contributed by atoms with van der Waals surface area (Å²) < 4.78 is 11.0. The van der Waals surface area contributed by atoms with Crippen molar-refractivity contribution >= 4 is 44.3 Å². The summed E-state index contributed by atoms with van der Waals surface area (Å²) in [6.07, 6.45) is 1.31. The molecule has 1 amide bonds. The third-order valence-electron chi connectivity index (χ3n) is 5.14. The molecule has 172 valence electrons. The molecule has 1 aromatic carbocycles. The highest BCUT2D eigenvalue weighted by Crippen LogP contribution is 2.23. The van der Waals surface area contributed by atoms with Crippen LogP contribution in [0.1, 0.15) is 0 Å². The van der Waals surface area contributed by atoms with E-state index in [-0.39, 0.29) is 23.4 Å². The lowest BCUT2D eigenvalue weighted by molar-refractivity contribution is -0.384. The van der Waals surface area contributed by atoms with Crippen molar-refractivity contribution in [3.05, 3.63) is 60.3 Å². The Labute approximate surface area is 188 Å². The number of ether oxygens (including phenoxy) is 1. The lowest BCUT2D eigenvalue weighted by Gasteiger charge is -2.05. The van der Waals surface area contributed by atoms with Crippen molar-refractivity contribution in [2.45, 2.75) is 13.1 Å². The van der Waals surface area contributed by atoms with Crippen LogP contribution in [0.15, 0.2) is 39.1 Å². The zero-order valence-corrected chi connectivity index (χ0v) is 18.7. The number of carbonyl (C=O) groups excluding carboxylic acids is 1. The van der Waals surface area contributed by atoms with E-state index in [0.717, 1.165) is 15.9 Å². The Kier molecular flexibility index (Phi) is 5.78. The number of non-ortho nitro benzene ring substituents is 1. The van der Waals surface area contributed by atoms with Crippen molar-refractivity contribution in [1.82, 2.24) is 23.3 Å². The molecule has 3 aromatic heterocycles. The molecule has 3 heterocycles. The second-order valence-corrected chi connectivity index (χ2v) is 8.20. The number of nitrogens with zero attached hydrogens (tertiary/aromatic N) is 7. The zero-order chi connectivity index (χ0) is 23.9. The molecule has 0 radical (unpaired) electrons. The third-order valence-corrected chi connectivity index (χ3v) is 6.18. The van der Waals surface area contributed by atoms with Crippen LogP contribution in [0, 0.1) is 10.1 Å². The molecule has 0 atom stereocenters. The maximum absolute atomic E-state index is 12.8. The molecule has 0 saturated heterocycles. The number of methoxy groups -OCH3 is 1. The molecular formula is C19H19N7O6S. The molecule has 13 nitrogen and oxygen atoms in total. The SMILES string of the molecule is COCCn1c(=NC(=O)Cn2cnc3c2c(=O)n(C)c(=O)n3C)sc2cc([N+](=O)[O-])ccc21. The molecular weight excluding hydrogens is 454 g/mol. The fourth-order valence-corrected chi connectivity index (χ4v) is 4.57. The van der Waals surface area contributed by atoms with Gasteiger partial charge in [-0.15, -0.1) is 0 Å². The predicted molar refractivity (Wildman–Crippen MR) is 119 cm³/mol. The maximum atomic E-state index is 12.8. The highest BCUT2D eigenvalue weighted by Gasteiger charge is 2.17. The lowest BCUT2D eigenvalue weighted by atomic mass is 10.3. The first-order valence-electron chi connectivity index (χ1n) is 9.68. The van der Waals surface area contributed by atoms with Gasteiger partial charge in [0.25, 0.3) is 17.2 Å². The smallest absolute Gasteiger partial charge is 0.332 e. The first-order valence-corrected chi connectivity index (χ1v) is 10.5. The average molecular weight is 473 g/mol. The molecule has 0 bridgehead atoms. The molecule has 0 fully saturated rings. The molecule has 0 unspecified atom stereocenters. The van der Waals surface area contributed by atoms with E-state index in [1.54, 1.807) is 17.7 Å². The molecule has 0 spiro atoms. The van der Waals surface area contributed by atoms with Gasteiger partial charge in [-0.25, -0.2) is 9.78 Å². The van der Waals surface area contributed by atoms with Crippen LogP contribution < -0.4 is 16.1 Å². The Morgan fingerprint density at radius 1 is 1.27 bits per heavy atom. The minimum absolute atomic E-state index is 0.0631. The van der Waals surface area contributed by atoms with E-state index in [2.05, 4.69) is 9.98 Å². The third kappa shape index (κ3) is 3.89. The number of hydrogen-bond acceptors (Lipinski definition) is 8. The van der Waals surface area contributed by atoms with Crippen LogP contribution >= 0.6 is 11.3 Å². The number of carbonyl (C=O) groups is 1. The predicted octanol–water partition coefficient (Wildman–Crippen LogP) is 0.132. The second-order valence-electron chi connectivity index (χ2n) is 7.19. The van der Waals surface area contributed by atoms with E-state index in [9.17, 15) is 24.5 Å². The standard InChI is InChI=1S/C19H19N7O6S/c1-22-16-15(17(28)23(2)19(22)29)24(10-20-16)9-14(27)21-18-25(6-7-32-3)12-5-4-11(26(30)31)8-13(12)33-18/h4-5,8,10H,6-7,9H2,1-3H3. The van der Waals surface area contributed by atoms with E-state index in [4.69, 9.17) is 4.74 Å². The minimum Gasteiger partial charge on any atom is -0.383 e. The fourth-order valence-electron chi connectivity index (χ4n) is 3.46. The van der Waals surface area contributed by atoms with Crippen LogP contribution in [-0.2, 0) is 36.7 Å². The first-order chi connectivity index (χ1) is 15.7. The Morgan fingerprint density at radius 2 is 2.03 bits per heavy atom. The van der Waals surface area contributed by atoms with E-state index in [0.29, 0.717) is 28.2 Å². The van der Waals surface area contributed by atoms with Crippen LogP contribution in [0.2, 0.25) is 0 Å². The Bertz CT molecular complexity index is 1600. The number of fused-ring (bicyclic) bond motifs is 2. The van der Waals surface area contributed by atoms with Crippen molar-refractivity contribution in [3.63, 3.8) is 0 Å². The second kappa shape index (κ2) is 8.55. The van der Waals surface area contributed by atoms with Gasteiger partial charge in [0.1, 0.15) is 6.54 Å². The van der Waals surface area contributed by atoms with Gasteiger partial charge in [0, 0.05) is 39.9 Å². The molecule has 0 aliphatic heterocycles. The molecule has 0 aliphatic rings. The number of imidazole rings is 1. The molecule has 14 heteroatoms. The number of rotatable bonds is 6. The van der Waals surface area contributed by atoms with Gasteiger partial charge in [-0.3, -0.25) is 28.8 Å². The molecule has 0 saturated carbocycles. The van der Waals surface area contributed by atoms with Gasteiger partial charge < -0.3 is 13.9 Å². The minimum atomic E-state index is -0.567. The van der Waals surface area contributed by atoms with Gasteiger partial charge in [-0.05, 0) is 6.07 Å². The van der Waals surface area contributed by atoms with E-state index < -0.39 is 22.1 Å². The van der Waals surface area contributed by atoms with Crippen LogP contribution in [0.4, 0.5) is 5.69 Å². The number of thiazole rings is 1. The van der Waals surface area contributed by atoms with Gasteiger partial charge in [0.2, 0.25) is 0 Å². The van der Waals surface area contributed by atoms with E-state index in [1.165, 1.54) is 41.7 Å². The quantitative estimate of drug-likeness (QED) is 0.285. The number of nitro benzene ring substituents is 1. The van der Waals surface area contributed by atoms with Gasteiger partial charge in [0.05, 0.1) is 28.1 Å². The van der Waals surface area contributed by atoms with Gasteiger partial charge in [-0.1, -0.05) is 11.3 Å². The molecule has 4 aromatic rings. The van der Waals surface area contributed by atoms with Crippen LogP contribution in [0.5, 0.6) is 0 Å². The largest absolute Gasteiger partial charge is 0.383 e. The summed E-state index contributed by atoms with van der Waals surface area (Å²) in [6, 6.07) is 4.43. The van der Waals surface area contributed by atoms with E-state index in [1.807, 2.05) is 0 Å². The summed E-state index contributed by atoms with van der Waals surface area (Å²) in [7, 11) is 4.38. The number of aryl methyl sites for hydroxylation is 1. The number of amides is 1. The average Bonchev–Trinajstić information content (AvgIpc) is 3.35. The Morgan fingerprint density at radius 3 is 2.73 bits per heavy atom. The summed E-state index contributed by atoms with van der Waals surface area (Å²) in [6.45, 7) is 0.458. The number of hydrogen-bond donors (Lipinski definition) is 0. The van der Waals surface area contributed by atoms with Crippen molar-refractivity contribution in [1.29, 1.82) is 0 Å². The summed E-state index contributed by atoms with van der Waals surface area (Å²) in [5.74, 6) is -0.558. The van der Waals surface area contributed by atoms with Gasteiger partial charge >= 0.3 is 5.69 Å². The fraction of sp³-hybridized carbons (Fsp3) is 0.316. The van der Waals surface area contributed by atoms with Crippen molar-refractivity contribution < 1.29 is 14.5 Å². The number of nitro groups is 1. The van der Waals surface area contributed by atoms with Crippen molar-refractivity contribution in [2.75, 3.05) is 13.7 Å². The van der Waals surface area contributed by atoms with Crippen molar-refractivity contribution in [2.24, 2.45) is 19.1 Å². The Balaban J connectivity index is 1.78. The molecule has 0 N–H and O–H groups in total. The van der Waals surface area contributed by atoms with Crippen LogP contribution in [-0.4, -0.2) is 47.8 Å². The first kappa shape index (κ1) is 22.3. The number of aromatic nitrogens is 5. The molecule has 4 rings (SSSR count). The monoisotopic (exact) mass is 473 g/mol. The zero-order valence-electron chi connectivity index (χ0n) is 17.9. The van der Waals surface area contributed by atoms with E-state index >= 15 is 0 Å². The molecule has 33 heavy (non-hydrogen) atoms. The topological polar surface area (TPSA) is 149 Å². The van der Waals surface area contributed by atoms with Crippen LogP contribution in [0.25, 0.3) is 21.4 Å². The normalized spacial score (nSPS) is 12.2. The number of benzene rings is 1. The lowest BCUT2D eigenvalue weighted by Crippen LogP contribution is -2.37. The molecule has 0 aliphatic carbocycles. The summed E-state index contributed by atoms with van der Waals surface area (Å²) in [4.78, 5) is 56.7. The van der Waals surface area contributed by atoms with Crippen LogP contribution in [0.3, 0.4) is 0 Å². The summed E-state index contributed by atoms with van der Waals surface area (Å²) >= 11 is 1.14. The summed E-state index contributed by atoms with van der Waals surface area (Å²) in [5, 5.41) is 11.1. The highest BCUT2D eigenvalue weighted by molar-refractivity contribution is 7.16. The van der Waals surface area contributed by atoms with Gasteiger partial charge in [0.15, 0.2) is 16.0 Å². The van der Waals surface area contributed by atoms with Crippen molar-refractivity contribution in [3.8, 4) is 0 Å². The maximum Gasteiger partial charge on any atom is 0.332 e. The Hall–Kier alpha value is -3.91. The van der Waals surface area contributed by atoms with Gasteiger partial charge in [-0.2, -0.15) is 4.99 Å². The summed E-state index contributed by atoms with van der Waals surface area (Å²) in [5.41, 5.74) is -0.185.